The van der Waals surface area contributed by atoms with Crippen LogP contribution in [-0.2, 0) is 0 Å². The van der Waals surface area contributed by atoms with Crippen molar-refractivity contribution in [3.8, 4) is 0 Å². The van der Waals surface area contributed by atoms with Gasteiger partial charge in [-0.05, 0) is 13.8 Å². The molecule has 0 radical (unpaired) electrons. The van der Waals surface area contributed by atoms with Gasteiger partial charge in [0.05, 0.1) is 12.8 Å². The van der Waals surface area contributed by atoms with Crippen LogP contribution in [0.5, 0.6) is 0 Å². The maximum absolute atomic E-state index is 11.5. The Balaban J connectivity index is 2.55. The van der Waals surface area contributed by atoms with Crippen LogP contribution >= 0.6 is 0 Å². The van der Waals surface area contributed by atoms with Crippen LogP contribution in [0.4, 0.5) is 0 Å². The minimum absolute atomic E-state index is 0.0531. The van der Waals surface area contributed by atoms with E-state index < -0.39 is 18.1 Å². The van der Waals surface area contributed by atoms with E-state index in [-0.39, 0.29) is 12.3 Å². The summed E-state index contributed by atoms with van der Waals surface area (Å²) < 4.78 is 4.72. The van der Waals surface area contributed by atoms with Crippen LogP contribution in [0.3, 0.4) is 0 Å². The molecule has 3 N–H and O–H groups in total. The molecule has 0 aromatic carbocycles. The lowest BCUT2D eigenvalue weighted by molar-refractivity contribution is 0.00293. The fraction of sp³-hybridized carbons (Fsp3) is 0.556. The maximum Gasteiger partial charge on any atom is 0.290 e. The van der Waals surface area contributed by atoms with Gasteiger partial charge in [0.15, 0.2) is 0 Å². The summed E-state index contributed by atoms with van der Waals surface area (Å²) in [5.41, 5.74) is -0.708. The molecule has 0 saturated heterocycles. The number of aliphatic hydroxyl groups is 2. The van der Waals surface area contributed by atoms with Crippen LogP contribution in [0.25, 0.3) is 0 Å². The number of aliphatic hydroxyl groups excluding tert-OH is 1. The van der Waals surface area contributed by atoms with Crippen molar-refractivity contribution in [3.05, 3.63) is 17.5 Å². The first-order chi connectivity index (χ1) is 6.96. The normalized spacial score (nSPS) is 14.7. The van der Waals surface area contributed by atoms with Gasteiger partial charge in [-0.25, -0.2) is 0 Å². The third kappa shape index (κ3) is 3.03. The Morgan fingerprint density at radius 3 is 2.87 bits per heavy atom. The molecule has 0 aliphatic carbocycles. The predicted octanol–water partition coefficient (Wildman–Crippen LogP) is -0.544. The second kappa shape index (κ2) is 4.41. The number of carbonyl (C=O) groups excluding carboxylic acids is 1. The first-order valence-electron chi connectivity index (χ1n) is 4.49. The zero-order valence-corrected chi connectivity index (χ0v) is 8.65. The van der Waals surface area contributed by atoms with Gasteiger partial charge in [-0.15, -0.1) is 0 Å². The number of nitrogens with zero attached hydrogens (tertiary/aromatic N) is 1. The minimum Gasteiger partial charge on any atom is -0.393 e. The average Bonchev–Trinajstić information content (AvgIpc) is 2.61. The lowest BCUT2D eigenvalue weighted by atomic mass is 10.1. The van der Waals surface area contributed by atoms with Crippen molar-refractivity contribution in [2.75, 3.05) is 13.2 Å². The molecule has 1 aromatic rings. The fourth-order valence-electron chi connectivity index (χ4n) is 0.916. The summed E-state index contributed by atoms with van der Waals surface area (Å²) in [6, 6.07) is 0. The standard InChI is InChI=1S/C9H14N2O4/c1-6-3-11-15-7(6)8(13)10-4-9(2,14)5-12/h3,12,14H,4-5H2,1-2H3,(H,10,13). The number of carbonyl (C=O) groups is 1. The number of hydrogen-bond acceptors (Lipinski definition) is 5. The topological polar surface area (TPSA) is 95.6 Å². The molecule has 1 heterocycles. The molecule has 1 atom stereocenters. The van der Waals surface area contributed by atoms with Crippen LogP contribution in [-0.4, -0.2) is 40.0 Å². The van der Waals surface area contributed by atoms with E-state index in [0.29, 0.717) is 5.56 Å². The number of nitrogens with one attached hydrogen (secondary N) is 1. The van der Waals surface area contributed by atoms with Crippen molar-refractivity contribution in [3.63, 3.8) is 0 Å². The number of hydrogen-bond donors (Lipinski definition) is 3. The smallest absolute Gasteiger partial charge is 0.290 e. The molecule has 1 rings (SSSR count). The first kappa shape index (κ1) is 11.7. The van der Waals surface area contributed by atoms with Gasteiger partial charge in [-0.2, -0.15) is 0 Å². The summed E-state index contributed by atoms with van der Waals surface area (Å²) in [6.07, 6.45) is 1.43. The molecule has 1 aromatic heterocycles. The lowest BCUT2D eigenvalue weighted by Gasteiger charge is -2.19. The molecule has 0 fully saturated rings. The highest BCUT2D eigenvalue weighted by molar-refractivity contribution is 5.92. The average molecular weight is 214 g/mol. The summed E-state index contributed by atoms with van der Waals surface area (Å²) in [7, 11) is 0. The number of rotatable bonds is 4. The Morgan fingerprint density at radius 1 is 1.73 bits per heavy atom. The predicted molar refractivity (Wildman–Crippen MR) is 51.3 cm³/mol. The third-order valence-electron chi connectivity index (χ3n) is 1.93. The zero-order valence-electron chi connectivity index (χ0n) is 8.65. The Kier molecular flexibility index (Phi) is 3.43. The van der Waals surface area contributed by atoms with Crippen molar-refractivity contribution in [2.45, 2.75) is 19.4 Å². The van der Waals surface area contributed by atoms with Gasteiger partial charge in [0.25, 0.3) is 5.91 Å². The van der Waals surface area contributed by atoms with Gasteiger partial charge in [-0.3, -0.25) is 4.79 Å². The minimum atomic E-state index is -1.33. The molecule has 1 amide bonds. The highest BCUT2D eigenvalue weighted by Gasteiger charge is 2.22. The number of aryl methyl sites for hydroxylation is 1. The molecule has 84 valence electrons. The molecule has 1 unspecified atom stereocenters. The lowest BCUT2D eigenvalue weighted by Crippen LogP contribution is -2.43. The largest absolute Gasteiger partial charge is 0.393 e. The molecule has 0 aliphatic heterocycles. The van der Waals surface area contributed by atoms with Gasteiger partial charge in [-0.1, -0.05) is 5.16 Å². The monoisotopic (exact) mass is 214 g/mol. The third-order valence-corrected chi connectivity index (χ3v) is 1.93. The van der Waals surface area contributed by atoms with Gasteiger partial charge in [0.2, 0.25) is 5.76 Å². The van der Waals surface area contributed by atoms with E-state index >= 15 is 0 Å². The summed E-state index contributed by atoms with van der Waals surface area (Å²) in [5.74, 6) is -0.345. The SMILES string of the molecule is Cc1cnoc1C(=O)NCC(C)(O)CO. The highest BCUT2D eigenvalue weighted by atomic mass is 16.5. The van der Waals surface area contributed by atoms with E-state index in [4.69, 9.17) is 9.63 Å². The molecule has 0 spiro atoms. The second-order valence-corrected chi connectivity index (χ2v) is 3.68. The summed E-state index contributed by atoms with van der Waals surface area (Å²) in [4.78, 5) is 11.5. The van der Waals surface area contributed by atoms with Crippen molar-refractivity contribution in [1.82, 2.24) is 10.5 Å². The van der Waals surface area contributed by atoms with Gasteiger partial charge in [0, 0.05) is 12.1 Å². The molecule has 0 saturated carbocycles. The van der Waals surface area contributed by atoms with Crippen LogP contribution in [0.2, 0.25) is 0 Å². The molecular weight excluding hydrogens is 200 g/mol. The summed E-state index contributed by atoms with van der Waals surface area (Å²) in [5, 5.41) is 24.1. The molecule has 0 aliphatic rings. The molecule has 6 heteroatoms. The Labute approximate surface area is 86.9 Å². The van der Waals surface area contributed by atoms with Crippen LogP contribution in [0, 0.1) is 6.92 Å². The Bertz CT molecular complexity index is 346. The first-order valence-corrected chi connectivity index (χ1v) is 4.49. The molecule has 6 nitrogen and oxygen atoms in total. The van der Waals surface area contributed by atoms with Crippen LogP contribution < -0.4 is 5.32 Å². The van der Waals surface area contributed by atoms with E-state index in [0.717, 1.165) is 0 Å². The van der Waals surface area contributed by atoms with Crippen molar-refractivity contribution in [1.29, 1.82) is 0 Å². The van der Waals surface area contributed by atoms with Crippen molar-refractivity contribution in [2.24, 2.45) is 0 Å². The van der Waals surface area contributed by atoms with Crippen molar-refractivity contribution < 1.29 is 19.5 Å². The van der Waals surface area contributed by atoms with Crippen LogP contribution in [0.1, 0.15) is 23.0 Å². The fourth-order valence-corrected chi connectivity index (χ4v) is 0.916. The molecule has 0 bridgehead atoms. The quantitative estimate of drug-likeness (QED) is 0.625. The maximum atomic E-state index is 11.5. The zero-order chi connectivity index (χ0) is 11.5. The highest BCUT2D eigenvalue weighted by Crippen LogP contribution is 2.06. The van der Waals surface area contributed by atoms with E-state index in [1.807, 2.05) is 0 Å². The summed E-state index contributed by atoms with van der Waals surface area (Å²) in [6.45, 7) is 2.63. The van der Waals surface area contributed by atoms with E-state index in [9.17, 15) is 9.90 Å². The van der Waals surface area contributed by atoms with E-state index in [1.54, 1.807) is 6.92 Å². The molecule has 15 heavy (non-hydrogen) atoms. The number of aromatic nitrogens is 1. The summed E-state index contributed by atoms with van der Waals surface area (Å²) >= 11 is 0. The van der Waals surface area contributed by atoms with Crippen molar-refractivity contribution >= 4 is 5.91 Å². The Morgan fingerprint density at radius 2 is 2.40 bits per heavy atom. The van der Waals surface area contributed by atoms with Crippen LogP contribution in [0.15, 0.2) is 10.7 Å². The van der Waals surface area contributed by atoms with Gasteiger partial charge in [0.1, 0.15) is 5.60 Å². The molecular formula is C9H14N2O4. The van der Waals surface area contributed by atoms with Gasteiger partial charge < -0.3 is 20.1 Å². The Hall–Kier alpha value is -1.40. The van der Waals surface area contributed by atoms with E-state index in [1.165, 1.54) is 13.1 Å². The van der Waals surface area contributed by atoms with Gasteiger partial charge >= 0.3 is 0 Å². The van der Waals surface area contributed by atoms with E-state index in [2.05, 4.69) is 10.5 Å². The number of amides is 1. The second-order valence-electron chi connectivity index (χ2n) is 3.68.